The molecule has 0 aliphatic rings. The number of aryl methyl sites for hydroxylation is 1. The first kappa shape index (κ1) is 10.1. The van der Waals surface area contributed by atoms with Crippen LogP contribution in [-0.4, -0.2) is 9.97 Å². The molecule has 15 heavy (non-hydrogen) atoms. The standard InChI is InChI=1S/C10H7ClF2N2/c1-5-4-14-10(15-5)8-6(12)2-3-7(13)9(8)11/h2-4H,1H3,(H,14,15). The van der Waals surface area contributed by atoms with Crippen molar-refractivity contribution in [3.05, 3.63) is 40.7 Å². The molecule has 0 radical (unpaired) electrons. The zero-order valence-corrected chi connectivity index (χ0v) is 8.57. The lowest BCUT2D eigenvalue weighted by Gasteiger charge is -2.03. The number of imidazole rings is 1. The zero-order valence-electron chi connectivity index (χ0n) is 7.81. The highest BCUT2D eigenvalue weighted by molar-refractivity contribution is 6.33. The van der Waals surface area contributed by atoms with Crippen LogP contribution in [0.1, 0.15) is 5.69 Å². The molecule has 0 aliphatic carbocycles. The molecule has 1 heterocycles. The number of nitrogens with one attached hydrogen (secondary N) is 1. The summed E-state index contributed by atoms with van der Waals surface area (Å²) in [5.41, 5.74) is 0.717. The molecule has 0 saturated heterocycles. The van der Waals surface area contributed by atoms with Gasteiger partial charge >= 0.3 is 0 Å². The Kier molecular flexibility index (Phi) is 2.44. The Morgan fingerprint density at radius 1 is 1.27 bits per heavy atom. The minimum absolute atomic E-state index is 0.0373. The van der Waals surface area contributed by atoms with Crippen molar-refractivity contribution in [3.63, 3.8) is 0 Å². The Hall–Kier alpha value is -1.42. The van der Waals surface area contributed by atoms with Crippen molar-refractivity contribution >= 4 is 11.6 Å². The lowest BCUT2D eigenvalue weighted by atomic mass is 10.2. The molecule has 0 spiro atoms. The van der Waals surface area contributed by atoms with Crippen molar-refractivity contribution in [2.24, 2.45) is 0 Å². The number of rotatable bonds is 1. The second kappa shape index (κ2) is 3.62. The van der Waals surface area contributed by atoms with Crippen LogP contribution in [-0.2, 0) is 0 Å². The van der Waals surface area contributed by atoms with E-state index in [2.05, 4.69) is 9.97 Å². The molecule has 0 atom stereocenters. The number of hydrogen-bond donors (Lipinski definition) is 1. The molecule has 1 aromatic carbocycles. The molecule has 78 valence electrons. The minimum Gasteiger partial charge on any atom is -0.342 e. The van der Waals surface area contributed by atoms with E-state index in [4.69, 9.17) is 11.6 Å². The third-order valence-electron chi connectivity index (χ3n) is 1.98. The van der Waals surface area contributed by atoms with Crippen molar-refractivity contribution in [2.45, 2.75) is 6.92 Å². The van der Waals surface area contributed by atoms with Crippen LogP contribution in [0.2, 0.25) is 5.02 Å². The minimum atomic E-state index is -0.665. The van der Waals surface area contributed by atoms with Crippen molar-refractivity contribution in [2.75, 3.05) is 0 Å². The first-order valence-electron chi connectivity index (χ1n) is 4.25. The molecule has 1 N–H and O–H groups in total. The molecule has 0 bridgehead atoms. The van der Waals surface area contributed by atoms with Crippen LogP contribution >= 0.6 is 11.6 Å². The highest BCUT2D eigenvalue weighted by Crippen LogP contribution is 2.30. The Labute approximate surface area is 89.9 Å². The van der Waals surface area contributed by atoms with E-state index in [1.807, 2.05) is 0 Å². The van der Waals surface area contributed by atoms with Crippen molar-refractivity contribution in [3.8, 4) is 11.4 Å². The quantitative estimate of drug-likeness (QED) is 0.746. The molecule has 0 aliphatic heterocycles. The summed E-state index contributed by atoms with van der Waals surface area (Å²) in [5, 5.41) is -0.260. The van der Waals surface area contributed by atoms with E-state index in [1.165, 1.54) is 6.20 Å². The van der Waals surface area contributed by atoms with Crippen molar-refractivity contribution in [1.82, 2.24) is 9.97 Å². The van der Waals surface area contributed by atoms with Gasteiger partial charge in [-0.25, -0.2) is 13.8 Å². The highest BCUT2D eigenvalue weighted by atomic mass is 35.5. The number of benzene rings is 1. The maximum atomic E-state index is 13.4. The summed E-state index contributed by atoms with van der Waals surface area (Å²) in [7, 11) is 0. The molecule has 0 saturated carbocycles. The summed E-state index contributed by atoms with van der Waals surface area (Å²) in [6.45, 7) is 1.77. The second-order valence-corrected chi connectivity index (χ2v) is 3.51. The van der Waals surface area contributed by atoms with Crippen molar-refractivity contribution < 1.29 is 8.78 Å². The molecule has 0 unspecified atom stereocenters. The number of halogens is 3. The van der Waals surface area contributed by atoms with E-state index in [1.54, 1.807) is 6.92 Å². The maximum Gasteiger partial charge on any atom is 0.142 e. The molecule has 2 rings (SSSR count). The topological polar surface area (TPSA) is 28.7 Å². The van der Waals surface area contributed by atoms with Crippen molar-refractivity contribution in [1.29, 1.82) is 0 Å². The van der Waals surface area contributed by atoms with Gasteiger partial charge in [-0.2, -0.15) is 0 Å². The Morgan fingerprint density at radius 3 is 2.53 bits per heavy atom. The fraction of sp³-hybridized carbons (Fsp3) is 0.100. The van der Waals surface area contributed by atoms with E-state index in [-0.39, 0.29) is 16.4 Å². The number of H-pyrrole nitrogens is 1. The van der Waals surface area contributed by atoms with Crippen LogP contribution in [0.4, 0.5) is 8.78 Å². The third kappa shape index (κ3) is 1.72. The van der Waals surface area contributed by atoms with Gasteiger partial charge in [0, 0.05) is 11.9 Å². The average Bonchev–Trinajstić information content (AvgIpc) is 2.59. The lowest BCUT2D eigenvalue weighted by Crippen LogP contribution is -1.91. The Bertz CT molecular complexity index is 508. The van der Waals surface area contributed by atoms with Gasteiger partial charge in [0.05, 0.1) is 10.6 Å². The number of aromatic nitrogens is 2. The van der Waals surface area contributed by atoms with Gasteiger partial charge in [0.2, 0.25) is 0 Å². The summed E-state index contributed by atoms with van der Waals surface area (Å²) in [4.78, 5) is 6.70. The van der Waals surface area contributed by atoms with Gasteiger partial charge in [0.15, 0.2) is 0 Å². The fourth-order valence-corrected chi connectivity index (χ4v) is 1.53. The van der Waals surface area contributed by atoms with Gasteiger partial charge in [-0.05, 0) is 19.1 Å². The van der Waals surface area contributed by atoms with Crippen LogP contribution < -0.4 is 0 Å². The Morgan fingerprint density at radius 2 is 1.93 bits per heavy atom. The first-order chi connectivity index (χ1) is 7.09. The summed E-state index contributed by atoms with van der Waals surface area (Å²) in [6, 6.07) is 2.01. The number of hydrogen-bond acceptors (Lipinski definition) is 1. The molecular formula is C10H7ClF2N2. The van der Waals surface area contributed by atoms with E-state index in [0.29, 0.717) is 0 Å². The fourth-order valence-electron chi connectivity index (χ4n) is 1.28. The Balaban J connectivity index is 2.66. The van der Waals surface area contributed by atoms with Gasteiger partial charge < -0.3 is 4.98 Å². The number of aromatic amines is 1. The largest absolute Gasteiger partial charge is 0.342 e. The molecule has 1 aromatic heterocycles. The predicted octanol–water partition coefficient (Wildman–Crippen LogP) is 3.32. The van der Waals surface area contributed by atoms with Crippen LogP contribution in [0.5, 0.6) is 0 Å². The highest BCUT2D eigenvalue weighted by Gasteiger charge is 2.15. The second-order valence-electron chi connectivity index (χ2n) is 3.13. The first-order valence-corrected chi connectivity index (χ1v) is 4.63. The lowest BCUT2D eigenvalue weighted by molar-refractivity contribution is 0.602. The summed E-state index contributed by atoms with van der Waals surface area (Å²) >= 11 is 5.67. The summed E-state index contributed by atoms with van der Waals surface area (Å²) in [5.74, 6) is -1.03. The molecule has 2 aromatic rings. The van der Waals surface area contributed by atoms with Gasteiger partial charge in [-0.3, -0.25) is 0 Å². The van der Waals surface area contributed by atoms with Crippen LogP contribution in [0.3, 0.4) is 0 Å². The molecule has 2 nitrogen and oxygen atoms in total. The molecule has 0 amide bonds. The van der Waals surface area contributed by atoms with E-state index in [0.717, 1.165) is 17.8 Å². The maximum absolute atomic E-state index is 13.4. The zero-order chi connectivity index (χ0) is 11.0. The van der Waals surface area contributed by atoms with E-state index in [9.17, 15) is 8.78 Å². The molecular weight excluding hydrogens is 222 g/mol. The predicted molar refractivity (Wildman–Crippen MR) is 53.7 cm³/mol. The van der Waals surface area contributed by atoms with Gasteiger partial charge in [0.1, 0.15) is 17.5 Å². The van der Waals surface area contributed by atoms with Crippen LogP contribution in [0, 0.1) is 18.6 Å². The summed E-state index contributed by atoms with van der Waals surface area (Å²) in [6.07, 6.45) is 1.52. The van der Waals surface area contributed by atoms with Gasteiger partial charge in [-0.1, -0.05) is 11.6 Å². The van der Waals surface area contributed by atoms with E-state index >= 15 is 0 Å². The normalized spacial score (nSPS) is 10.7. The monoisotopic (exact) mass is 228 g/mol. The van der Waals surface area contributed by atoms with Gasteiger partial charge in [0.25, 0.3) is 0 Å². The van der Waals surface area contributed by atoms with Gasteiger partial charge in [-0.15, -0.1) is 0 Å². The molecule has 0 fully saturated rings. The molecule has 5 heteroatoms. The van der Waals surface area contributed by atoms with Crippen LogP contribution in [0.15, 0.2) is 18.3 Å². The summed E-state index contributed by atoms with van der Waals surface area (Å²) < 4.78 is 26.5. The third-order valence-corrected chi connectivity index (χ3v) is 2.35. The van der Waals surface area contributed by atoms with Crippen LogP contribution in [0.25, 0.3) is 11.4 Å². The SMILES string of the molecule is Cc1cnc(-c2c(F)ccc(F)c2Cl)[nH]1. The number of nitrogens with zero attached hydrogens (tertiary/aromatic N) is 1. The smallest absolute Gasteiger partial charge is 0.142 e. The van der Waals surface area contributed by atoms with E-state index < -0.39 is 11.6 Å². The average molecular weight is 229 g/mol.